The number of hydrogen-bond acceptors (Lipinski definition) is 4. The van der Waals surface area contributed by atoms with E-state index < -0.39 is 45.1 Å². The van der Waals surface area contributed by atoms with Crippen LogP contribution in [0.2, 0.25) is 0 Å². The van der Waals surface area contributed by atoms with E-state index in [0.29, 0.717) is 0 Å². The zero-order chi connectivity index (χ0) is 17.2. The zero-order valence-corrected chi connectivity index (χ0v) is 13.6. The smallest absolute Gasteiger partial charge is 0.257 e. The number of halogens is 2. The zero-order valence-electron chi connectivity index (χ0n) is 12.8. The van der Waals surface area contributed by atoms with Crippen LogP contribution in [0.4, 0.5) is 8.78 Å². The summed E-state index contributed by atoms with van der Waals surface area (Å²) in [6, 6.07) is 2.50. The predicted octanol–water partition coefficient (Wildman–Crippen LogP) is 0.601. The highest BCUT2D eigenvalue weighted by molar-refractivity contribution is 7.89. The first kappa shape index (κ1) is 17.8. The number of carbonyl (C=O) groups is 1. The van der Waals surface area contributed by atoms with Crippen molar-refractivity contribution in [1.82, 2.24) is 9.62 Å². The SMILES string of the molecule is CN(C)S(=O)(=O)CC1COCC1NC(=O)c1c(F)cccc1F. The van der Waals surface area contributed by atoms with Crippen molar-refractivity contribution in [3.8, 4) is 0 Å². The van der Waals surface area contributed by atoms with E-state index in [4.69, 9.17) is 4.74 Å². The van der Waals surface area contributed by atoms with Crippen LogP contribution in [0, 0.1) is 17.6 Å². The second-order valence-corrected chi connectivity index (χ2v) is 7.76. The van der Waals surface area contributed by atoms with E-state index in [1.807, 2.05) is 0 Å². The quantitative estimate of drug-likeness (QED) is 0.846. The molecular weight excluding hydrogens is 330 g/mol. The Hall–Kier alpha value is -1.58. The predicted molar refractivity (Wildman–Crippen MR) is 79.4 cm³/mol. The lowest BCUT2D eigenvalue weighted by Crippen LogP contribution is -2.44. The van der Waals surface area contributed by atoms with Crippen LogP contribution in [-0.4, -0.2) is 57.7 Å². The third kappa shape index (κ3) is 4.04. The molecule has 2 rings (SSSR count). The molecule has 1 aliphatic rings. The molecule has 1 aromatic carbocycles. The summed E-state index contributed by atoms with van der Waals surface area (Å²) in [6.45, 7) is 0.243. The lowest BCUT2D eigenvalue weighted by molar-refractivity contribution is 0.0917. The molecule has 1 N–H and O–H groups in total. The number of sulfonamides is 1. The molecule has 0 aromatic heterocycles. The van der Waals surface area contributed by atoms with Crippen molar-refractivity contribution in [2.75, 3.05) is 33.1 Å². The molecule has 0 saturated carbocycles. The maximum Gasteiger partial charge on any atom is 0.257 e. The standard InChI is InChI=1S/C14H18F2N2O4S/c1-18(2)23(20,21)8-9-6-22-7-12(9)17-14(19)13-10(15)4-3-5-11(13)16/h3-5,9,12H,6-8H2,1-2H3,(H,17,19). The van der Waals surface area contributed by atoms with Crippen LogP contribution in [0.15, 0.2) is 18.2 Å². The molecule has 0 aliphatic carbocycles. The molecular formula is C14H18F2N2O4S. The van der Waals surface area contributed by atoms with Crippen molar-refractivity contribution in [1.29, 1.82) is 0 Å². The fourth-order valence-corrected chi connectivity index (χ4v) is 3.47. The number of carbonyl (C=O) groups excluding carboxylic acids is 1. The average Bonchev–Trinajstić information content (AvgIpc) is 2.84. The molecule has 1 aromatic rings. The molecule has 9 heteroatoms. The highest BCUT2D eigenvalue weighted by Crippen LogP contribution is 2.19. The number of nitrogens with zero attached hydrogens (tertiary/aromatic N) is 1. The first-order chi connectivity index (χ1) is 10.7. The van der Waals surface area contributed by atoms with E-state index in [0.717, 1.165) is 22.5 Å². The molecule has 6 nitrogen and oxygen atoms in total. The summed E-state index contributed by atoms with van der Waals surface area (Å²) in [5, 5.41) is 2.46. The summed E-state index contributed by atoms with van der Waals surface area (Å²) in [5.41, 5.74) is -0.686. The van der Waals surface area contributed by atoms with Crippen LogP contribution in [-0.2, 0) is 14.8 Å². The fraction of sp³-hybridized carbons (Fsp3) is 0.500. The minimum atomic E-state index is -3.48. The van der Waals surface area contributed by atoms with Crippen molar-refractivity contribution in [3.05, 3.63) is 35.4 Å². The summed E-state index contributed by atoms with van der Waals surface area (Å²) in [7, 11) is -0.657. The van der Waals surface area contributed by atoms with E-state index in [-0.39, 0.29) is 19.0 Å². The van der Waals surface area contributed by atoms with Gasteiger partial charge < -0.3 is 10.1 Å². The second-order valence-electron chi connectivity index (χ2n) is 5.54. The van der Waals surface area contributed by atoms with E-state index in [2.05, 4.69) is 5.32 Å². The fourth-order valence-electron chi connectivity index (χ4n) is 2.30. The third-order valence-electron chi connectivity index (χ3n) is 3.69. The second kappa shape index (κ2) is 6.90. The molecule has 1 saturated heterocycles. The van der Waals surface area contributed by atoms with Gasteiger partial charge in [-0.15, -0.1) is 0 Å². The van der Waals surface area contributed by atoms with E-state index in [1.165, 1.54) is 14.1 Å². The highest BCUT2D eigenvalue weighted by atomic mass is 32.2. The number of ether oxygens (including phenoxy) is 1. The molecule has 2 unspecified atom stereocenters. The maximum absolute atomic E-state index is 13.6. The number of nitrogens with one attached hydrogen (secondary N) is 1. The molecule has 1 amide bonds. The molecule has 0 radical (unpaired) electrons. The molecule has 1 fully saturated rings. The van der Waals surface area contributed by atoms with Crippen LogP contribution in [0.25, 0.3) is 0 Å². The molecule has 1 aliphatic heterocycles. The summed E-state index contributed by atoms with van der Waals surface area (Å²) in [5.74, 6) is -3.58. The summed E-state index contributed by atoms with van der Waals surface area (Å²) in [4.78, 5) is 12.1. The Labute approximate surface area is 133 Å². The van der Waals surface area contributed by atoms with Crippen molar-refractivity contribution in [3.63, 3.8) is 0 Å². The molecule has 1 heterocycles. The highest BCUT2D eigenvalue weighted by Gasteiger charge is 2.35. The Bertz CT molecular complexity index is 674. The Morgan fingerprint density at radius 3 is 2.48 bits per heavy atom. The lowest BCUT2D eigenvalue weighted by atomic mass is 10.1. The first-order valence-corrected chi connectivity index (χ1v) is 8.56. The van der Waals surface area contributed by atoms with Crippen LogP contribution in [0.1, 0.15) is 10.4 Å². The number of hydrogen-bond donors (Lipinski definition) is 1. The Kier molecular flexibility index (Phi) is 5.33. The largest absolute Gasteiger partial charge is 0.379 e. The van der Waals surface area contributed by atoms with Crippen molar-refractivity contribution >= 4 is 15.9 Å². The summed E-state index contributed by atoms with van der Waals surface area (Å²) in [6.07, 6.45) is 0. The lowest BCUT2D eigenvalue weighted by Gasteiger charge is -2.21. The summed E-state index contributed by atoms with van der Waals surface area (Å²) < 4.78 is 57.4. The van der Waals surface area contributed by atoms with Gasteiger partial charge in [-0.25, -0.2) is 21.5 Å². The van der Waals surface area contributed by atoms with E-state index in [9.17, 15) is 22.0 Å². The number of benzene rings is 1. The van der Waals surface area contributed by atoms with Gasteiger partial charge in [0.25, 0.3) is 5.91 Å². The first-order valence-electron chi connectivity index (χ1n) is 6.95. The van der Waals surface area contributed by atoms with Gasteiger partial charge in [0.05, 0.1) is 25.0 Å². The van der Waals surface area contributed by atoms with Crippen LogP contribution >= 0.6 is 0 Å². The van der Waals surface area contributed by atoms with Gasteiger partial charge in [-0.05, 0) is 12.1 Å². The van der Waals surface area contributed by atoms with Gasteiger partial charge in [0.15, 0.2) is 0 Å². The third-order valence-corrected chi connectivity index (χ3v) is 5.65. The van der Waals surface area contributed by atoms with Gasteiger partial charge in [-0.1, -0.05) is 6.07 Å². The Morgan fingerprint density at radius 2 is 1.91 bits per heavy atom. The molecule has 128 valence electrons. The Balaban J connectivity index is 2.11. The monoisotopic (exact) mass is 348 g/mol. The van der Waals surface area contributed by atoms with Crippen LogP contribution in [0.3, 0.4) is 0 Å². The number of amides is 1. The minimum Gasteiger partial charge on any atom is -0.379 e. The van der Waals surface area contributed by atoms with Crippen molar-refractivity contribution in [2.45, 2.75) is 6.04 Å². The normalized spacial score (nSPS) is 21.6. The maximum atomic E-state index is 13.6. The molecule has 0 spiro atoms. The summed E-state index contributed by atoms with van der Waals surface area (Å²) >= 11 is 0. The van der Waals surface area contributed by atoms with Gasteiger partial charge in [-0.2, -0.15) is 0 Å². The molecule has 2 atom stereocenters. The van der Waals surface area contributed by atoms with E-state index >= 15 is 0 Å². The van der Waals surface area contributed by atoms with Crippen LogP contribution in [0.5, 0.6) is 0 Å². The van der Waals surface area contributed by atoms with Gasteiger partial charge >= 0.3 is 0 Å². The molecule has 0 bridgehead atoms. The average molecular weight is 348 g/mol. The van der Waals surface area contributed by atoms with Gasteiger partial charge in [-0.3, -0.25) is 4.79 Å². The van der Waals surface area contributed by atoms with Crippen LogP contribution < -0.4 is 5.32 Å². The molecule has 23 heavy (non-hydrogen) atoms. The van der Waals surface area contributed by atoms with Gasteiger partial charge in [0.1, 0.15) is 17.2 Å². The Morgan fingerprint density at radius 1 is 1.30 bits per heavy atom. The minimum absolute atomic E-state index is 0.0927. The van der Waals surface area contributed by atoms with Gasteiger partial charge in [0, 0.05) is 20.0 Å². The van der Waals surface area contributed by atoms with Gasteiger partial charge in [0.2, 0.25) is 10.0 Å². The van der Waals surface area contributed by atoms with Crippen molar-refractivity contribution in [2.24, 2.45) is 5.92 Å². The number of rotatable bonds is 5. The topological polar surface area (TPSA) is 75.7 Å². The van der Waals surface area contributed by atoms with E-state index in [1.54, 1.807) is 0 Å². The van der Waals surface area contributed by atoms with Crippen molar-refractivity contribution < 1.29 is 26.7 Å².